The van der Waals surface area contributed by atoms with Crippen LogP contribution in [0.25, 0.3) is 0 Å². The zero-order valence-corrected chi connectivity index (χ0v) is 10.8. The van der Waals surface area contributed by atoms with Gasteiger partial charge in [-0.2, -0.15) is 0 Å². The van der Waals surface area contributed by atoms with Gasteiger partial charge in [0.25, 0.3) is 5.91 Å². The maximum Gasteiger partial charge on any atom is 0.323 e. The molecule has 1 amide bonds. The van der Waals surface area contributed by atoms with E-state index in [1.165, 1.54) is 4.90 Å². The standard InChI is InChI=1S/C13H16N2O4/c1-7-11(19-12(14-7)8-2-3-8)13(18)15(6-10(16)17)9-4-5-9/h8-9H,2-6H2,1H3,(H,16,17). The number of hydrogen-bond acceptors (Lipinski definition) is 4. The second-order valence-electron chi connectivity index (χ2n) is 5.30. The molecule has 102 valence electrons. The monoisotopic (exact) mass is 264 g/mol. The van der Waals surface area contributed by atoms with Crippen LogP contribution >= 0.6 is 0 Å². The van der Waals surface area contributed by atoms with Crippen LogP contribution in [0, 0.1) is 6.92 Å². The van der Waals surface area contributed by atoms with Gasteiger partial charge in [0.05, 0.1) is 5.69 Å². The SMILES string of the molecule is Cc1nc(C2CC2)oc1C(=O)N(CC(=O)O)C1CC1. The van der Waals surface area contributed by atoms with Crippen LogP contribution in [0.15, 0.2) is 4.42 Å². The van der Waals surface area contributed by atoms with E-state index in [2.05, 4.69) is 4.98 Å². The van der Waals surface area contributed by atoms with Crippen molar-refractivity contribution >= 4 is 11.9 Å². The molecule has 0 aliphatic heterocycles. The number of aryl methyl sites for hydroxylation is 1. The number of carboxylic acid groups (broad SMARTS) is 1. The van der Waals surface area contributed by atoms with Crippen LogP contribution < -0.4 is 0 Å². The third-order valence-corrected chi connectivity index (χ3v) is 3.49. The van der Waals surface area contributed by atoms with Gasteiger partial charge < -0.3 is 14.4 Å². The molecule has 2 fully saturated rings. The minimum atomic E-state index is -1.00. The molecule has 1 heterocycles. The average Bonchev–Trinajstić information content (AvgIpc) is 3.23. The van der Waals surface area contributed by atoms with E-state index in [1.807, 2.05) is 0 Å². The van der Waals surface area contributed by atoms with E-state index >= 15 is 0 Å². The first-order chi connectivity index (χ1) is 9.06. The van der Waals surface area contributed by atoms with Crippen molar-refractivity contribution in [1.82, 2.24) is 9.88 Å². The second-order valence-corrected chi connectivity index (χ2v) is 5.30. The van der Waals surface area contributed by atoms with E-state index in [0.29, 0.717) is 17.5 Å². The predicted molar refractivity (Wildman–Crippen MR) is 64.9 cm³/mol. The summed E-state index contributed by atoms with van der Waals surface area (Å²) in [4.78, 5) is 28.9. The van der Waals surface area contributed by atoms with Crippen LogP contribution in [0.2, 0.25) is 0 Å². The van der Waals surface area contributed by atoms with Crippen molar-refractivity contribution in [3.05, 3.63) is 17.3 Å². The van der Waals surface area contributed by atoms with Crippen LogP contribution in [0.1, 0.15) is 53.7 Å². The van der Waals surface area contributed by atoms with Crippen molar-refractivity contribution in [2.45, 2.75) is 44.6 Å². The molecule has 0 spiro atoms. The quantitative estimate of drug-likeness (QED) is 0.872. The molecule has 1 N–H and O–H groups in total. The van der Waals surface area contributed by atoms with Crippen molar-refractivity contribution in [2.75, 3.05) is 6.54 Å². The number of hydrogen-bond donors (Lipinski definition) is 1. The molecule has 0 bridgehead atoms. The lowest BCUT2D eigenvalue weighted by Crippen LogP contribution is -2.37. The number of rotatable bonds is 5. The first-order valence-corrected chi connectivity index (χ1v) is 6.56. The summed E-state index contributed by atoms with van der Waals surface area (Å²) in [7, 11) is 0. The number of carbonyl (C=O) groups is 2. The Hall–Kier alpha value is -1.85. The van der Waals surface area contributed by atoms with E-state index in [0.717, 1.165) is 25.7 Å². The molecule has 0 saturated heterocycles. The molecular weight excluding hydrogens is 248 g/mol. The van der Waals surface area contributed by atoms with Crippen LogP contribution in [0.4, 0.5) is 0 Å². The van der Waals surface area contributed by atoms with Crippen LogP contribution in [-0.4, -0.2) is 39.5 Å². The van der Waals surface area contributed by atoms with E-state index in [1.54, 1.807) is 6.92 Å². The number of amides is 1. The molecule has 1 aromatic heterocycles. The Morgan fingerprint density at radius 1 is 1.37 bits per heavy atom. The van der Waals surface area contributed by atoms with Crippen molar-refractivity contribution in [3.8, 4) is 0 Å². The van der Waals surface area contributed by atoms with E-state index in [9.17, 15) is 9.59 Å². The zero-order chi connectivity index (χ0) is 13.6. The summed E-state index contributed by atoms with van der Waals surface area (Å²) in [6.45, 7) is 1.46. The Bertz CT molecular complexity index is 529. The normalized spacial score (nSPS) is 18.4. The number of aromatic nitrogens is 1. The molecule has 2 aliphatic carbocycles. The van der Waals surface area contributed by atoms with Crippen molar-refractivity contribution in [3.63, 3.8) is 0 Å². The van der Waals surface area contributed by atoms with Gasteiger partial charge in [0.15, 0.2) is 5.89 Å². The van der Waals surface area contributed by atoms with Gasteiger partial charge in [-0.1, -0.05) is 0 Å². The van der Waals surface area contributed by atoms with Crippen LogP contribution in [0.3, 0.4) is 0 Å². The van der Waals surface area contributed by atoms with Gasteiger partial charge in [0.2, 0.25) is 5.76 Å². The number of aliphatic carboxylic acids is 1. The molecule has 0 unspecified atom stereocenters. The van der Waals surface area contributed by atoms with Gasteiger partial charge in [-0.25, -0.2) is 4.98 Å². The van der Waals surface area contributed by atoms with Crippen LogP contribution in [-0.2, 0) is 4.79 Å². The molecule has 2 saturated carbocycles. The molecule has 0 aromatic carbocycles. The predicted octanol–water partition coefficient (Wildman–Crippen LogP) is 1.55. The molecule has 19 heavy (non-hydrogen) atoms. The van der Waals surface area contributed by atoms with Crippen LogP contribution in [0.5, 0.6) is 0 Å². The van der Waals surface area contributed by atoms with Gasteiger partial charge in [0, 0.05) is 12.0 Å². The topological polar surface area (TPSA) is 83.6 Å². The number of oxazole rings is 1. The molecule has 0 radical (unpaired) electrons. The number of carbonyl (C=O) groups excluding carboxylic acids is 1. The first kappa shape index (κ1) is 12.2. The summed E-state index contributed by atoms with van der Waals surface area (Å²) in [5.74, 6) is -0.183. The molecule has 3 rings (SSSR count). The molecule has 2 aliphatic rings. The highest BCUT2D eigenvalue weighted by Gasteiger charge is 2.38. The molecule has 6 heteroatoms. The minimum absolute atomic E-state index is 0.0393. The summed E-state index contributed by atoms with van der Waals surface area (Å²) in [6, 6.07) is 0.0393. The highest BCUT2D eigenvalue weighted by Crippen LogP contribution is 2.40. The Labute approximate surface area is 110 Å². The zero-order valence-electron chi connectivity index (χ0n) is 10.8. The maximum atomic E-state index is 12.4. The Balaban J connectivity index is 1.82. The lowest BCUT2D eigenvalue weighted by molar-refractivity contribution is -0.137. The fourth-order valence-electron chi connectivity index (χ4n) is 2.15. The Morgan fingerprint density at radius 2 is 2.05 bits per heavy atom. The number of carboxylic acids is 1. The molecule has 0 atom stereocenters. The second kappa shape index (κ2) is 4.36. The van der Waals surface area contributed by atoms with Crippen molar-refractivity contribution in [2.24, 2.45) is 0 Å². The van der Waals surface area contributed by atoms with Gasteiger partial charge in [-0.15, -0.1) is 0 Å². The molecule has 1 aromatic rings. The lowest BCUT2D eigenvalue weighted by atomic mass is 10.3. The lowest BCUT2D eigenvalue weighted by Gasteiger charge is -2.18. The molecule has 6 nitrogen and oxygen atoms in total. The Kier molecular flexibility index (Phi) is 2.80. The largest absolute Gasteiger partial charge is 0.480 e. The van der Waals surface area contributed by atoms with Gasteiger partial charge in [0.1, 0.15) is 6.54 Å². The first-order valence-electron chi connectivity index (χ1n) is 6.56. The van der Waals surface area contributed by atoms with Crippen molar-refractivity contribution < 1.29 is 19.1 Å². The summed E-state index contributed by atoms with van der Waals surface area (Å²) in [6.07, 6.45) is 3.83. The summed E-state index contributed by atoms with van der Waals surface area (Å²) >= 11 is 0. The minimum Gasteiger partial charge on any atom is -0.480 e. The third-order valence-electron chi connectivity index (χ3n) is 3.49. The fourth-order valence-corrected chi connectivity index (χ4v) is 2.15. The van der Waals surface area contributed by atoms with Gasteiger partial charge in [-0.3, -0.25) is 9.59 Å². The average molecular weight is 264 g/mol. The molecular formula is C13H16N2O4. The summed E-state index contributed by atoms with van der Waals surface area (Å²) in [5.41, 5.74) is 0.558. The third kappa shape index (κ3) is 2.47. The van der Waals surface area contributed by atoms with E-state index in [4.69, 9.17) is 9.52 Å². The maximum absolute atomic E-state index is 12.4. The fraction of sp³-hybridized carbons (Fsp3) is 0.615. The van der Waals surface area contributed by atoms with Crippen molar-refractivity contribution in [1.29, 1.82) is 0 Å². The van der Waals surface area contributed by atoms with E-state index < -0.39 is 5.97 Å². The van der Waals surface area contributed by atoms with Gasteiger partial charge >= 0.3 is 5.97 Å². The van der Waals surface area contributed by atoms with Gasteiger partial charge in [-0.05, 0) is 32.6 Å². The summed E-state index contributed by atoms with van der Waals surface area (Å²) in [5, 5.41) is 8.89. The smallest absolute Gasteiger partial charge is 0.323 e. The Morgan fingerprint density at radius 3 is 2.58 bits per heavy atom. The highest BCUT2D eigenvalue weighted by molar-refractivity contribution is 5.94. The highest BCUT2D eigenvalue weighted by atomic mass is 16.4. The number of nitrogens with zero attached hydrogens (tertiary/aromatic N) is 2. The summed E-state index contributed by atoms with van der Waals surface area (Å²) < 4.78 is 5.55. The van der Waals surface area contributed by atoms with E-state index in [-0.39, 0.29) is 24.3 Å².